The van der Waals surface area contributed by atoms with Crippen molar-refractivity contribution >= 4 is 33.4 Å². The first kappa shape index (κ1) is 27.6. The van der Waals surface area contributed by atoms with Crippen LogP contribution in [-0.2, 0) is 22.5 Å². The number of aromatic nitrogens is 1. The molecule has 1 fully saturated rings. The van der Waals surface area contributed by atoms with Gasteiger partial charge in [-0.15, -0.1) is 11.3 Å². The van der Waals surface area contributed by atoms with E-state index in [1.807, 2.05) is 0 Å². The van der Waals surface area contributed by atoms with Gasteiger partial charge in [0.25, 0.3) is 5.56 Å². The number of carbonyl (C=O) groups excluding carboxylic acids is 2. The van der Waals surface area contributed by atoms with Gasteiger partial charge in [0.05, 0.1) is 17.3 Å². The molecule has 1 aliphatic heterocycles. The van der Waals surface area contributed by atoms with Crippen LogP contribution in [0.1, 0.15) is 33.3 Å². The zero-order chi connectivity index (χ0) is 28.0. The van der Waals surface area contributed by atoms with Gasteiger partial charge in [-0.25, -0.2) is 9.18 Å². The molecular formula is C26H27F4N3O4S. The second-order valence-corrected chi connectivity index (χ2v) is 11.6. The number of carbonyl (C=O) groups is 2. The van der Waals surface area contributed by atoms with Gasteiger partial charge >= 0.3 is 12.3 Å². The Bertz CT molecular complexity index is 1450. The van der Waals surface area contributed by atoms with E-state index in [0.29, 0.717) is 10.3 Å². The van der Waals surface area contributed by atoms with E-state index in [1.54, 1.807) is 39.1 Å². The summed E-state index contributed by atoms with van der Waals surface area (Å²) in [6, 6.07) is 5.04. The molecule has 0 radical (unpaired) electrons. The van der Waals surface area contributed by atoms with E-state index in [1.165, 1.54) is 33.1 Å². The van der Waals surface area contributed by atoms with Crippen molar-refractivity contribution in [2.24, 2.45) is 0 Å². The Morgan fingerprint density at radius 1 is 1.16 bits per heavy atom. The summed E-state index contributed by atoms with van der Waals surface area (Å²) in [5.74, 6) is -1.31. The van der Waals surface area contributed by atoms with Crippen LogP contribution in [0.15, 0.2) is 40.6 Å². The predicted octanol–water partition coefficient (Wildman–Crippen LogP) is 5.10. The molecule has 1 saturated heterocycles. The Morgan fingerprint density at radius 3 is 2.47 bits per heavy atom. The molecule has 1 N–H and O–H groups in total. The fraction of sp³-hybridized carbons (Fsp3) is 0.423. The van der Waals surface area contributed by atoms with Crippen LogP contribution in [0.25, 0.3) is 21.2 Å². The molecule has 7 nitrogen and oxygen atoms in total. The molecule has 0 saturated carbocycles. The molecule has 0 bridgehead atoms. The summed E-state index contributed by atoms with van der Waals surface area (Å²) < 4.78 is 59.7. The minimum absolute atomic E-state index is 0.239. The molecule has 1 aliphatic rings. The molecule has 2 aromatic heterocycles. The van der Waals surface area contributed by atoms with Crippen LogP contribution in [0.2, 0.25) is 0 Å². The van der Waals surface area contributed by atoms with Crippen LogP contribution >= 0.6 is 11.3 Å². The quantitative estimate of drug-likeness (QED) is 0.446. The SMILES string of the molecule is CC1(NC(=O)OC(C)(C)C)CN(C(=O)Cn2ccc3scc(-c4ccc(F)c(CC(F)(F)F)c4)c3c2=O)C1. The van der Waals surface area contributed by atoms with E-state index in [-0.39, 0.29) is 36.5 Å². The van der Waals surface area contributed by atoms with Gasteiger partial charge < -0.3 is 19.5 Å². The number of rotatable bonds is 5. The molecule has 0 spiro atoms. The summed E-state index contributed by atoms with van der Waals surface area (Å²) in [6.45, 7) is 7.25. The first-order chi connectivity index (χ1) is 17.5. The van der Waals surface area contributed by atoms with Gasteiger partial charge in [0.1, 0.15) is 18.0 Å². The average molecular weight is 554 g/mol. The Kier molecular flexibility index (Phi) is 7.06. The highest BCUT2D eigenvalue weighted by atomic mass is 32.1. The standard InChI is InChI=1S/C26H27F4N3O4S/c1-24(2,3)37-23(36)31-25(4)13-33(14-25)20(34)11-32-8-7-19-21(22(32)35)17(12-38-19)15-5-6-18(27)16(9-15)10-26(28,29)30/h5-9,12H,10-11,13-14H2,1-4H3,(H,31,36). The molecule has 4 rings (SSSR count). The minimum Gasteiger partial charge on any atom is -0.444 e. The summed E-state index contributed by atoms with van der Waals surface area (Å²) in [7, 11) is 0. The first-order valence-corrected chi connectivity index (χ1v) is 12.7. The highest BCUT2D eigenvalue weighted by Crippen LogP contribution is 2.34. The number of amides is 2. The molecule has 12 heteroatoms. The largest absolute Gasteiger partial charge is 0.444 e. The fourth-order valence-corrected chi connectivity index (χ4v) is 5.32. The summed E-state index contributed by atoms with van der Waals surface area (Å²) >= 11 is 1.23. The van der Waals surface area contributed by atoms with Crippen molar-refractivity contribution in [3.63, 3.8) is 0 Å². The minimum atomic E-state index is -4.58. The monoisotopic (exact) mass is 553 g/mol. The number of thiophene rings is 1. The topological polar surface area (TPSA) is 80.6 Å². The number of likely N-dealkylation sites (tertiary alicyclic amines) is 1. The Labute approximate surface area is 220 Å². The molecule has 0 aliphatic carbocycles. The number of benzene rings is 1. The highest BCUT2D eigenvalue weighted by Gasteiger charge is 2.43. The third kappa shape index (κ3) is 6.17. The zero-order valence-corrected chi connectivity index (χ0v) is 22.1. The van der Waals surface area contributed by atoms with E-state index in [4.69, 9.17) is 4.74 Å². The lowest BCUT2D eigenvalue weighted by molar-refractivity contribution is -0.140. The third-order valence-electron chi connectivity index (χ3n) is 5.99. The Balaban J connectivity index is 1.51. The van der Waals surface area contributed by atoms with E-state index >= 15 is 0 Å². The molecule has 204 valence electrons. The molecular weight excluding hydrogens is 526 g/mol. The van der Waals surface area contributed by atoms with Gasteiger partial charge in [0.15, 0.2) is 0 Å². The van der Waals surface area contributed by atoms with Gasteiger partial charge in [0, 0.05) is 34.9 Å². The molecule has 1 aromatic carbocycles. The summed E-state index contributed by atoms with van der Waals surface area (Å²) in [5, 5.41) is 4.64. The number of alkyl halides is 3. The Hall–Kier alpha value is -3.41. The molecule has 3 heterocycles. The van der Waals surface area contributed by atoms with Crippen molar-refractivity contribution < 1.29 is 31.9 Å². The van der Waals surface area contributed by atoms with Crippen molar-refractivity contribution in [1.29, 1.82) is 0 Å². The van der Waals surface area contributed by atoms with Gasteiger partial charge in [-0.05, 0) is 57.0 Å². The van der Waals surface area contributed by atoms with E-state index in [0.717, 1.165) is 12.1 Å². The number of nitrogens with zero attached hydrogens (tertiary/aromatic N) is 2. The van der Waals surface area contributed by atoms with Crippen LogP contribution in [0, 0.1) is 5.82 Å². The van der Waals surface area contributed by atoms with E-state index < -0.39 is 46.8 Å². The van der Waals surface area contributed by atoms with Gasteiger partial charge in [-0.3, -0.25) is 9.59 Å². The molecule has 3 aromatic rings. The number of ether oxygens (including phenoxy) is 1. The zero-order valence-electron chi connectivity index (χ0n) is 21.2. The average Bonchev–Trinajstić information content (AvgIpc) is 3.18. The smallest absolute Gasteiger partial charge is 0.408 e. The Morgan fingerprint density at radius 2 is 1.84 bits per heavy atom. The van der Waals surface area contributed by atoms with Crippen molar-refractivity contribution in [2.75, 3.05) is 13.1 Å². The maximum atomic E-state index is 14.0. The second-order valence-electron chi connectivity index (χ2n) is 10.7. The lowest BCUT2D eigenvalue weighted by atomic mass is 9.92. The number of fused-ring (bicyclic) bond motifs is 1. The van der Waals surface area contributed by atoms with Crippen LogP contribution in [0.5, 0.6) is 0 Å². The normalized spacial score (nSPS) is 15.3. The number of halogens is 4. The van der Waals surface area contributed by atoms with Gasteiger partial charge in [0.2, 0.25) is 5.91 Å². The number of pyridine rings is 1. The van der Waals surface area contributed by atoms with E-state index in [2.05, 4.69) is 5.32 Å². The van der Waals surface area contributed by atoms with Crippen LogP contribution in [0.3, 0.4) is 0 Å². The summed E-state index contributed by atoms with van der Waals surface area (Å²) in [6.07, 6.45) is -5.11. The molecule has 0 unspecified atom stereocenters. The van der Waals surface area contributed by atoms with Crippen LogP contribution in [0.4, 0.5) is 22.4 Å². The predicted molar refractivity (Wildman–Crippen MR) is 136 cm³/mol. The van der Waals surface area contributed by atoms with Crippen molar-refractivity contribution in [1.82, 2.24) is 14.8 Å². The molecule has 0 atom stereocenters. The number of hydrogen-bond donors (Lipinski definition) is 1. The van der Waals surface area contributed by atoms with Crippen molar-refractivity contribution in [2.45, 2.75) is 58.0 Å². The second kappa shape index (κ2) is 9.72. The van der Waals surface area contributed by atoms with Crippen molar-refractivity contribution in [3.05, 3.63) is 57.6 Å². The number of nitrogens with one attached hydrogen (secondary N) is 1. The lowest BCUT2D eigenvalue weighted by Crippen LogP contribution is -2.70. The molecule has 38 heavy (non-hydrogen) atoms. The van der Waals surface area contributed by atoms with Gasteiger partial charge in [-0.1, -0.05) is 6.07 Å². The third-order valence-corrected chi connectivity index (χ3v) is 6.94. The summed E-state index contributed by atoms with van der Waals surface area (Å²) in [5.41, 5.74) is -1.66. The first-order valence-electron chi connectivity index (χ1n) is 11.8. The number of hydrogen-bond acceptors (Lipinski definition) is 5. The van der Waals surface area contributed by atoms with Crippen LogP contribution in [-0.4, -0.2) is 51.9 Å². The van der Waals surface area contributed by atoms with Crippen LogP contribution < -0.4 is 10.9 Å². The number of alkyl carbamates (subject to hydrolysis) is 1. The van der Waals surface area contributed by atoms with Crippen molar-refractivity contribution in [3.8, 4) is 11.1 Å². The lowest BCUT2D eigenvalue weighted by Gasteiger charge is -2.48. The van der Waals surface area contributed by atoms with Gasteiger partial charge in [-0.2, -0.15) is 13.2 Å². The summed E-state index contributed by atoms with van der Waals surface area (Å²) in [4.78, 5) is 39.8. The highest BCUT2D eigenvalue weighted by molar-refractivity contribution is 7.17. The maximum Gasteiger partial charge on any atom is 0.408 e. The fourth-order valence-electron chi connectivity index (χ4n) is 4.36. The maximum absolute atomic E-state index is 14.0. The molecule has 2 amide bonds. The van der Waals surface area contributed by atoms with E-state index in [9.17, 15) is 31.9 Å².